The van der Waals surface area contributed by atoms with Gasteiger partial charge in [0.05, 0.1) is 5.92 Å². The van der Waals surface area contributed by atoms with E-state index in [-0.39, 0.29) is 11.8 Å². The normalized spacial score (nSPS) is 20.7. The van der Waals surface area contributed by atoms with Crippen molar-refractivity contribution in [2.45, 2.75) is 19.8 Å². The molecule has 0 aromatic heterocycles. The van der Waals surface area contributed by atoms with Gasteiger partial charge in [0.25, 0.3) is 0 Å². The van der Waals surface area contributed by atoms with E-state index in [1.54, 1.807) is 6.92 Å². The molecule has 0 bridgehead atoms. The number of likely N-dealkylation sites (N-methyl/N-ethyl adjacent to an activating group) is 1. The molecule has 2 rings (SSSR count). The van der Waals surface area contributed by atoms with E-state index < -0.39 is 5.97 Å². The molecule has 3 heteroatoms. The highest BCUT2D eigenvalue weighted by Gasteiger charge is 2.34. The van der Waals surface area contributed by atoms with Crippen LogP contribution in [-0.4, -0.2) is 24.7 Å². The van der Waals surface area contributed by atoms with Crippen LogP contribution in [0.5, 0.6) is 0 Å². The van der Waals surface area contributed by atoms with Gasteiger partial charge in [0.2, 0.25) is 0 Å². The minimum atomic E-state index is -0.715. The minimum Gasteiger partial charge on any atom is -0.481 e. The van der Waals surface area contributed by atoms with Crippen LogP contribution in [0.1, 0.15) is 24.0 Å². The fourth-order valence-corrected chi connectivity index (χ4v) is 2.59. The van der Waals surface area contributed by atoms with Crippen LogP contribution in [0.2, 0.25) is 0 Å². The molecule has 0 saturated carbocycles. The number of aryl methyl sites for hydroxylation is 1. The smallest absolute Gasteiger partial charge is 0.306 e. The average molecular weight is 219 g/mol. The molecule has 16 heavy (non-hydrogen) atoms. The molecule has 0 amide bonds. The number of para-hydroxylation sites is 1. The molecule has 1 aliphatic heterocycles. The van der Waals surface area contributed by atoms with Gasteiger partial charge in [0.15, 0.2) is 0 Å². The Bertz CT molecular complexity index is 428. The second-order valence-corrected chi connectivity index (χ2v) is 4.63. The number of carboxylic acid groups (broad SMARTS) is 1. The van der Waals surface area contributed by atoms with Crippen molar-refractivity contribution in [1.82, 2.24) is 0 Å². The largest absolute Gasteiger partial charge is 0.481 e. The summed E-state index contributed by atoms with van der Waals surface area (Å²) in [6, 6.07) is 6.13. The van der Waals surface area contributed by atoms with Gasteiger partial charge in [-0.2, -0.15) is 0 Å². The Balaban J connectivity index is 2.44. The van der Waals surface area contributed by atoms with Gasteiger partial charge < -0.3 is 10.0 Å². The van der Waals surface area contributed by atoms with Crippen molar-refractivity contribution < 1.29 is 9.90 Å². The molecule has 3 nitrogen and oxygen atoms in total. The topological polar surface area (TPSA) is 40.5 Å². The predicted molar refractivity (Wildman–Crippen MR) is 64.0 cm³/mol. The van der Waals surface area contributed by atoms with E-state index in [0.717, 1.165) is 6.54 Å². The van der Waals surface area contributed by atoms with Gasteiger partial charge in [-0.05, 0) is 18.1 Å². The number of anilines is 1. The zero-order chi connectivity index (χ0) is 11.9. The van der Waals surface area contributed by atoms with Crippen molar-refractivity contribution in [3.8, 4) is 0 Å². The maximum atomic E-state index is 11.1. The van der Waals surface area contributed by atoms with Crippen molar-refractivity contribution in [1.29, 1.82) is 0 Å². The fraction of sp³-hybridized carbons (Fsp3) is 0.462. The van der Waals surface area contributed by atoms with Crippen LogP contribution in [0.25, 0.3) is 0 Å². The second-order valence-electron chi connectivity index (χ2n) is 4.63. The molecule has 1 heterocycles. The predicted octanol–water partition coefficient (Wildman–Crippen LogP) is 2.25. The van der Waals surface area contributed by atoms with Crippen LogP contribution in [0.15, 0.2) is 18.2 Å². The van der Waals surface area contributed by atoms with E-state index >= 15 is 0 Å². The van der Waals surface area contributed by atoms with E-state index in [1.165, 1.54) is 16.8 Å². The molecule has 1 aliphatic rings. The zero-order valence-electron chi connectivity index (χ0n) is 9.90. The molecule has 1 N–H and O–H groups in total. The molecule has 1 aromatic carbocycles. The first-order valence-electron chi connectivity index (χ1n) is 5.56. The van der Waals surface area contributed by atoms with Gasteiger partial charge >= 0.3 is 5.97 Å². The van der Waals surface area contributed by atoms with Crippen LogP contribution in [-0.2, 0) is 4.79 Å². The summed E-state index contributed by atoms with van der Waals surface area (Å²) in [5, 5.41) is 9.11. The van der Waals surface area contributed by atoms with Gasteiger partial charge in [0.1, 0.15) is 0 Å². The molecule has 1 aromatic rings. The van der Waals surface area contributed by atoms with E-state index in [0.29, 0.717) is 0 Å². The number of hydrogen-bond donors (Lipinski definition) is 1. The van der Waals surface area contributed by atoms with Gasteiger partial charge in [-0.1, -0.05) is 25.1 Å². The highest BCUT2D eigenvalue weighted by molar-refractivity contribution is 5.74. The summed E-state index contributed by atoms with van der Waals surface area (Å²) in [5.41, 5.74) is 3.61. The van der Waals surface area contributed by atoms with Crippen molar-refractivity contribution in [3.63, 3.8) is 0 Å². The van der Waals surface area contributed by atoms with Crippen molar-refractivity contribution >= 4 is 11.7 Å². The van der Waals surface area contributed by atoms with Crippen molar-refractivity contribution in [3.05, 3.63) is 29.3 Å². The highest BCUT2D eigenvalue weighted by atomic mass is 16.4. The number of aliphatic carboxylic acids is 1. The number of rotatable bonds is 2. The number of carboxylic acids is 1. The van der Waals surface area contributed by atoms with E-state index in [2.05, 4.69) is 24.0 Å². The summed E-state index contributed by atoms with van der Waals surface area (Å²) in [6.45, 7) is 4.66. The molecule has 86 valence electrons. The lowest BCUT2D eigenvalue weighted by Gasteiger charge is -2.16. The lowest BCUT2D eigenvalue weighted by molar-refractivity contribution is -0.141. The molecular weight excluding hydrogens is 202 g/mol. The van der Waals surface area contributed by atoms with Crippen molar-refractivity contribution in [2.24, 2.45) is 5.92 Å². The maximum absolute atomic E-state index is 11.1. The van der Waals surface area contributed by atoms with Gasteiger partial charge in [-0.15, -0.1) is 0 Å². The standard InChI is InChI=1S/C13H17NO2/c1-8-5-4-6-10-11(9(2)13(15)16)7-14(3)12(8)10/h4-6,9,11H,7H2,1-3H3,(H,15,16). The summed E-state index contributed by atoms with van der Waals surface area (Å²) in [4.78, 5) is 13.2. The van der Waals surface area contributed by atoms with Crippen LogP contribution >= 0.6 is 0 Å². The molecule has 0 saturated heterocycles. The Morgan fingerprint density at radius 1 is 1.56 bits per heavy atom. The van der Waals surface area contributed by atoms with E-state index in [9.17, 15) is 4.79 Å². The Kier molecular flexibility index (Phi) is 2.62. The first-order valence-corrected chi connectivity index (χ1v) is 5.56. The number of fused-ring (bicyclic) bond motifs is 1. The lowest BCUT2D eigenvalue weighted by atomic mass is 9.88. The number of carbonyl (C=O) groups is 1. The maximum Gasteiger partial charge on any atom is 0.306 e. The van der Waals surface area contributed by atoms with Gasteiger partial charge in [-0.25, -0.2) is 0 Å². The molecule has 2 unspecified atom stereocenters. The molecule has 0 spiro atoms. The second kappa shape index (κ2) is 3.81. The first-order chi connectivity index (χ1) is 7.52. The van der Waals surface area contributed by atoms with Crippen LogP contribution in [0.3, 0.4) is 0 Å². The monoisotopic (exact) mass is 219 g/mol. The Labute approximate surface area is 95.7 Å². The van der Waals surface area contributed by atoms with Crippen LogP contribution in [0.4, 0.5) is 5.69 Å². The number of hydrogen-bond acceptors (Lipinski definition) is 2. The molecule has 2 atom stereocenters. The summed E-state index contributed by atoms with van der Waals surface area (Å²) in [7, 11) is 2.03. The molecule has 0 radical (unpaired) electrons. The SMILES string of the molecule is Cc1cccc2c1N(C)CC2C(C)C(=O)O. The zero-order valence-corrected chi connectivity index (χ0v) is 9.90. The Morgan fingerprint density at radius 3 is 2.88 bits per heavy atom. The van der Waals surface area contributed by atoms with E-state index in [1.807, 2.05) is 13.1 Å². The highest BCUT2D eigenvalue weighted by Crippen LogP contribution is 2.41. The van der Waals surface area contributed by atoms with Crippen LogP contribution in [0, 0.1) is 12.8 Å². The van der Waals surface area contributed by atoms with Crippen LogP contribution < -0.4 is 4.90 Å². The average Bonchev–Trinajstić information content (AvgIpc) is 2.56. The summed E-state index contributed by atoms with van der Waals surface area (Å²) in [5.74, 6) is -0.935. The Morgan fingerprint density at radius 2 is 2.25 bits per heavy atom. The lowest BCUT2D eigenvalue weighted by Crippen LogP contribution is -2.23. The molecule has 0 aliphatic carbocycles. The summed E-state index contributed by atoms with van der Waals surface area (Å²) >= 11 is 0. The third-order valence-corrected chi connectivity index (χ3v) is 3.51. The van der Waals surface area contributed by atoms with E-state index in [4.69, 9.17) is 5.11 Å². The minimum absolute atomic E-state index is 0.109. The third-order valence-electron chi connectivity index (χ3n) is 3.51. The third kappa shape index (κ3) is 1.56. The van der Waals surface area contributed by atoms with Crippen molar-refractivity contribution in [2.75, 3.05) is 18.5 Å². The fourth-order valence-electron chi connectivity index (χ4n) is 2.59. The quantitative estimate of drug-likeness (QED) is 0.829. The molecular formula is C13H17NO2. The summed E-state index contributed by atoms with van der Waals surface area (Å²) in [6.07, 6.45) is 0. The first kappa shape index (κ1) is 11.0. The summed E-state index contributed by atoms with van der Waals surface area (Å²) < 4.78 is 0. The molecule has 0 fully saturated rings. The van der Waals surface area contributed by atoms with Gasteiger partial charge in [0, 0.05) is 25.2 Å². The number of nitrogens with zero attached hydrogens (tertiary/aromatic N) is 1. The number of benzene rings is 1. The van der Waals surface area contributed by atoms with Gasteiger partial charge in [-0.3, -0.25) is 4.79 Å². The Hall–Kier alpha value is -1.51.